The fourth-order valence-electron chi connectivity index (χ4n) is 5.38. The van der Waals surface area contributed by atoms with Crippen LogP contribution < -0.4 is 13.9 Å². The van der Waals surface area contributed by atoms with Crippen molar-refractivity contribution >= 4 is 21.4 Å². The molecule has 8 nitrogen and oxygen atoms in total. The second-order valence-corrected chi connectivity index (χ2v) is 11.9. The Morgan fingerprint density at radius 3 is 2.52 bits per heavy atom. The minimum atomic E-state index is -4.02. The zero-order chi connectivity index (χ0) is 28.6. The number of benzene rings is 3. The number of nitrogens with zero attached hydrogens (tertiary/aromatic N) is 3. The van der Waals surface area contributed by atoms with Crippen molar-refractivity contribution in [3.05, 3.63) is 72.0 Å². The van der Waals surface area contributed by atoms with Gasteiger partial charge in [-0.25, -0.2) is 12.8 Å². The summed E-state index contributed by atoms with van der Waals surface area (Å²) in [4.78, 5) is 4.23. The third kappa shape index (κ3) is 5.75. The number of rotatable bonds is 8. The van der Waals surface area contributed by atoms with Crippen LogP contribution in [-0.4, -0.2) is 81.6 Å². The third-order valence-corrected chi connectivity index (χ3v) is 8.96. The maximum atomic E-state index is 14.3. The molecule has 2 aliphatic heterocycles. The number of alkyl halides is 2. The van der Waals surface area contributed by atoms with Gasteiger partial charge < -0.3 is 19.8 Å². The Kier molecular flexibility index (Phi) is 7.96. The van der Waals surface area contributed by atoms with E-state index in [9.17, 15) is 31.8 Å². The molecule has 0 bridgehead atoms. The van der Waals surface area contributed by atoms with Gasteiger partial charge >= 0.3 is 6.61 Å². The van der Waals surface area contributed by atoms with Crippen molar-refractivity contribution in [3.63, 3.8) is 0 Å². The summed E-state index contributed by atoms with van der Waals surface area (Å²) < 4.78 is 73.7. The lowest BCUT2D eigenvalue weighted by molar-refractivity contribution is -0.0499. The molecule has 5 rings (SSSR count). The highest BCUT2D eigenvalue weighted by molar-refractivity contribution is 7.92. The summed E-state index contributed by atoms with van der Waals surface area (Å²) in [6.07, 6.45) is -0.901. The molecular formula is C28H30F3N3O5S. The average Bonchev–Trinajstić information content (AvgIpc) is 2.91. The fourth-order valence-corrected chi connectivity index (χ4v) is 6.99. The molecule has 0 saturated carbocycles. The van der Waals surface area contributed by atoms with Crippen LogP contribution in [0.25, 0.3) is 11.1 Å². The summed E-state index contributed by atoms with van der Waals surface area (Å²) in [6, 6.07) is 14.8. The van der Waals surface area contributed by atoms with Crippen LogP contribution in [-0.2, 0) is 10.0 Å². The Labute approximate surface area is 230 Å². The van der Waals surface area contributed by atoms with Gasteiger partial charge in [-0.15, -0.1) is 0 Å². The number of piperazine rings is 1. The Morgan fingerprint density at radius 2 is 1.80 bits per heavy atom. The molecule has 0 aliphatic carbocycles. The van der Waals surface area contributed by atoms with Gasteiger partial charge in [0, 0.05) is 32.2 Å². The van der Waals surface area contributed by atoms with E-state index < -0.39 is 28.6 Å². The number of anilines is 2. The number of fused-ring (bicyclic) bond motifs is 3. The summed E-state index contributed by atoms with van der Waals surface area (Å²) >= 11 is 0. The quantitative estimate of drug-likeness (QED) is 0.424. The van der Waals surface area contributed by atoms with E-state index in [0.29, 0.717) is 36.6 Å². The largest absolute Gasteiger partial charge is 0.435 e. The molecule has 0 radical (unpaired) electrons. The molecule has 0 aromatic heterocycles. The number of β-amino-alcohol motifs (C(OH)–C–C–N with tert-alkyl or cyclic N) is 1. The SMILES string of the molecule is Cc1cccc(S(=O)(=O)N2C[C@@H]3CN(C[C@@H](O)CO)CCN3c3ccc(-c4cc(F)cc(OC(F)F)c4)cc32)c1. The van der Waals surface area contributed by atoms with Crippen LogP contribution in [0.4, 0.5) is 24.5 Å². The van der Waals surface area contributed by atoms with Crippen molar-refractivity contribution in [3.8, 4) is 16.9 Å². The van der Waals surface area contributed by atoms with Crippen molar-refractivity contribution < 1.29 is 36.5 Å². The van der Waals surface area contributed by atoms with Gasteiger partial charge in [-0.1, -0.05) is 18.2 Å². The van der Waals surface area contributed by atoms with Crippen molar-refractivity contribution in [1.82, 2.24) is 4.90 Å². The molecule has 3 aromatic carbocycles. The van der Waals surface area contributed by atoms with Gasteiger partial charge in [-0.05, 0) is 60.0 Å². The van der Waals surface area contributed by atoms with E-state index >= 15 is 0 Å². The first-order chi connectivity index (χ1) is 19.0. The predicted molar refractivity (Wildman–Crippen MR) is 145 cm³/mol. The lowest BCUT2D eigenvalue weighted by atomic mass is 10.00. The van der Waals surface area contributed by atoms with Crippen LogP contribution in [0.15, 0.2) is 65.6 Å². The number of aliphatic hydroxyl groups excluding tert-OH is 2. The summed E-state index contributed by atoms with van der Waals surface area (Å²) in [5.74, 6) is -1.11. The molecule has 0 amide bonds. The first kappa shape index (κ1) is 28.2. The van der Waals surface area contributed by atoms with E-state index in [1.165, 1.54) is 22.5 Å². The van der Waals surface area contributed by atoms with Crippen LogP contribution in [0.3, 0.4) is 0 Å². The smallest absolute Gasteiger partial charge is 0.387 e. The minimum absolute atomic E-state index is 0.112. The van der Waals surface area contributed by atoms with Gasteiger partial charge in [0.2, 0.25) is 0 Å². The highest BCUT2D eigenvalue weighted by atomic mass is 32.2. The van der Waals surface area contributed by atoms with Crippen molar-refractivity contribution in [2.45, 2.75) is 30.6 Å². The molecule has 2 aliphatic rings. The molecule has 0 unspecified atom stereocenters. The monoisotopic (exact) mass is 577 g/mol. The number of aliphatic hydroxyl groups is 2. The zero-order valence-electron chi connectivity index (χ0n) is 21.8. The molecular weight excluding hydrogens is 547 g/mol. The number of sulfonamides is 1. The van der Waals surface area contributed by atoms with E-state index in [2.05, 4.69) is 9.64 Å². The first-order valence-electron chi connectivity index (χ1n) is 12.8. The maximum absolute atomic E-state index is 14.3. The summed E-state index contributed by atoms with van der Waals surface area (Å²) in [7, 11) is -4.02. The molecule has 2 N–H and O–H groups in total. The lowest BCUT2D eigenvalue weighted by Gasteiger charge is -2.49. The Bertz CT molecular complexity index is 1490. The Balaban J connectivity index is 1.58. The van der Waals surface area contributed by atoms with E-state index in [1.54, 1.807) is 43.3 Å². The Hall–Kier alpha value is -3.32. The zero-order valence-corrected chi connectivity index (χ0v) is 22.6. The van der Waals surface area contributed by atoms with E-state index in [-0.39, 0.29) is 41.9 Å². The summed E-state index contributed by atoms with van der Waals surface area (Å²) in [5, 5.41) is 19.2. The molecule has 1 saturated heterocycles. The number of hydrogen-bond acceptors (Lipinski definition) is 7. The summed E-state index contributed by atoms with van der Waals surface area (Å²) in [5.41, 5.74) is 2.53. The topological polar surface area (TPSA) is 93.6 Å². The van der Waals surface area contributed by atoms with Crippen molar-refractivity contribution in [1.29, 1.82) is 0 Å². The van der Waals surface area contributed by atoms with Gasteiger partial charge in [0.15, 0.2) is 0 Å². The second-order valence-electron chi connectivity index (χ2n) is 10.1. The second kappa shape index (κ2) is 11.3. The molecule has 0 spiro atoms. The molecule has 2 heterocycles. The first-order valence-corrected chi connectivity index (χ1v) is 14.3. The highest BCUT2D eigenvalue weighted by Gasteiger charge is 2.40. The molecule has 3 aromatic rings. The van der Waals surface area contributed by atoms with Gasteiger partial charge in [0.25, 0.3) is 10.0 Å². The maximum Gasteiger partial charge on any atom is 0.387 e. The number of aryl methyl sites for hydroxylation is 1. The molecule has 40 heavy (non-hydrogen) atoms. The molecule has 1 fully saturated rings. The molecule has 2 atom stereocenters. The molecule has 214 valence electrons. The van der Waals surface area contributed by atoms with E-state index in [0.717, 1.165) is 11.6 Å². The summed E-state index contributed by atoms with van der Waals surface area (Å²) in [6.45, 7) is 0.309. The highest BCUT2D eigenvalue weighted by Crippen LogP contribution is 2.42. The van der Waals surface area contributed by atoms with Crippen LogP contribution in [0, 0.1) is 12.7 Å². The molecule has 12 heteroatoms. The van der Waals surface area contributed by atoms with Crippen molar-refractivity contribution in [2.24, 2.45) is 0 Å². The van der Waals surface area contributed by atoms with Crippen LogP contribution >= 0.6 is 0 Å². The fraction of sp³-hybridized carbons (Fsp3) is 0.357. The normalized spacial score (nSPS) is 18.4. The Morgan fingerprint density at radius 1 is 1.00 bits per heavy atom. The van der Waals surface area contributed by atoms with Crippen LogP contribution in [0.1, 0.15) is 5.56 Å². The predicted octanol–water partition coefficient (Wildman–Crippen LogP) is 3.46. The standard InChI is InChI=1S/C28H30F3N3O5S/c1-18-3-2-4-25(9-18)40(37,38)34-15-22-14-32(16-23(36)17-35)7-8-33(22)26-6-5-19(12-27(26)34)20-10-21(29)13-24(11-20)39-28(30)31/h2-6,9-13,22-23,28,35-36H,7-8,14-17H2,1H3/t22-,23+/m0/s1. The van der Waals surface area contributed by atoms with E-state index in [4.69, 9.17) is 0 Å². The van der Waals surface area contributed by atoms with Gasteiger partial charge in [-0.3, -0.25) is 9.21 Å². The third-order valence-electron chi connectivity index (χ3n) is 7.18. The lowest BCUT2D eigenvalue weighted by Crippen LogP contribution is -2.61. The van der Waals surface area contributed by atoms with Gasteiger partial charge in [0.05, 0.1) is 41.6 Å². The number of ether oxygens (including phenoxy) is 1. The number of halogens is 3. The van der Waals surface area contributed by atoms with Gasteiger partial charge in [-0.2, -0.15) is 8.78 Å². The van der Waals surface area contributed by atoms with Crippen LogP contribution in [0.2, 0.25) is 0 Å². The van der Waals surface area contributed by atoms with E-state index in [1.807, 2.05) is 4.90 Å². The average molecular weight is 578 g/mol. The van der Waals surface area contributed by atoms with Gasteiger partial charge in [0.1, 0.15) is 11.6 Å². The number of hydrogen-bond donors (Lipinski definition) is 2. The van der Waals surface area contributed by atoms with Crippen molar-refractivity contribution in [2.75, 3.05) is 48.5 Å². The van der Waals surface area contributed by atoms with Crippen LogP contribution in [0.5, 0.6) is 5.75 Å². The minimum Gasteiger partial charge on any atom is -0.435 e.